The summed E-state index contributed by atoms with van der Waals surface area (Å²) in [5.41, 5.74) is 0. The van der Waals surface area contributed by atoms with Gasteiger partial charge in [0.2, 0.25) is 0 Å². The van der Waals surface area contributed by atoms with Crippen LogP contribution in [0.2, 0.25) is 0 Å². The van der Waals surface area contributed by atoms with Crippen LogP contribution in [0.25, 0.3) is 0 Å². The molecule has 0 heterocycles. The number of unbranched alkanes of at least 4 members (excludes halogenated alkanes) is 2. The highest BCUT2D eigenvalue weighted by atomic mass is 19.4. The van der Waals surface area contributed by atoms with Gasteiger partial charge in [0.05, 0.1) is 0 Å². The summed E-state index contributed by atoms with van der Waals surface area (Å²) in [6, 6.07) is 0. The molecule has 86 valence electrons. The van der Waals surface area contributed by atoms with E-state index >= 15 is 0 Å². The number of halogens is 3. The Morgan fingerprint density at radius 2 is 1.50 bits per heavy atom. The molecule has 0 atom stereocenters. The maximum Gasteiger partial charge on any atom is 0.389 e. The number of aliphatic hydroxyl groups excluding tert-OH is 1. The Bertz CT molecular complexity index is 128. The molecule has 0 aromatic carbocycles. The third-order valence-corrected chi connectivity index (χ3v) is 1.83. The topological polar surface area (TPSA) is 32.3 Å². The maximum atomic E-state index is 11.7. The summed E-state index contributed by atoms with van der Waals surface area (Å²) in [6.07, 6.45) is -2.34. The van der Waals surface area contributed by atoms with Gasteiger partial charge in [0.1, 0.15) is 0 Å². The molecule has 0 saturated heterocycles. The molecule has 0 aliphatic heterocycles. The molecular weight excluding hydrogens is 195 g/mol. The van der Waals surface area contributed by atoms with Crippen LogP contribution in [-0.4, -0.2) is 31.0 Å². The van der Waals surface area contributed by atoms with Crippen LogP contribution >= 0.6 is 0 Å². The van der Waals surface area contributed by atoms with E-state index in [0.29, 0.717) is 13.0 Å². The Kier molecular flexibility index (Phi) is 7.89. The normalized spacial score (nSPS) is 12.0. The summed E-state index contributed by atoms with van der Waals surface area (Å²) < 4.78 is 35.0. The van der Waals surface area contributed by atoms with Crippen LogP contribution in [-0.2, 0) is 0 Å². The first kappa shape index (κ1) is 13.7. The minimum atomic E-state index is -4.02. The second-order valence-electron chi connectivity index (χ2n) is 3.25. The van der Waals surface area contributed by atoms with Crippen LogP contribution in [0.15, 0.2) is 0 Å². The van der Waals surface area contributed by atoms with Crippen molar-refractivity contribution < 1.29 is 18.3 Å². The van der Waals surface area contributed by atoms with Crippen molar-refractivity contribution in [2.45, 2.75) is 38.3 Å². The first-order valence-corrected chi connectivity index (χ1v) is 4.94. The molecule has 0 aromatic heterocycles. The summed E-state index contributed by atoms with van der Waals surface area (Å²) >= 11 is 0. The predicted molar refractivity (Wildman–Crippen MR) is 49.1 cm³/mol. The highest BCUT2D eigenvalue weighted by molar-refractivity contribution is 4.53. The maximum absolute atomic E-state index is 11.7. The number of hydrogen-bond acceptors (Lipinski definition) is 2. The van der Waals surface area contributed by atoms with Gasteiger partial charge in [0, 0.05) is 13.0 Å². The fourth-order valence-electron chi connectivity index (χ4n) is 1.06. The van der Waals surface area contributed by atoms with Crippen LogP contribution in [0.3, 0.4) is 0 Å². The number of alkyl halides is 3. The second-order valence-corrected chi connectivity index (χ2v) is 3.25. The number of hydrogen-bond donors (Lipinski definition) is 2. The lowest BCUT2D eigenvalue weighted by Crippen LogP contribution is -2.17. The van der Waals surface area contributed by atoms with Crippen molar-refractivity contribution in [3.05, 3.63) is 0 Å². The molecule has 0 amide bonds. The SMILES string of the molecule is OCCCCNCCCCC(F)(F)F. The van der Waals surface area contributed by atoms with Gasteiger partial charge in [0.25, 0.3) is 0 Å². The van der Waals surface area contributed by atoms with Crippen LogP contribution in [0.5, 0.6) is 0 Å². The van der Waals surface area contributed by atoms with E-state index in [1.165, 1.54) is 0 Å². The first-order chi connectivity index (χ1) is 6.56. The van der Waals surface area contributed by atoms with Crippen molar-refractivity contribution in [1.82, 2.24) is 5.32 Å². The average molecular weight is 213 g/mol. The minimum Gasteiger partial charge on any atom is -0.396 e. The molecule has 0 aliphatic rings. The smallest absolute Gasteiger partial charge is 0.389 e. The Labute approximate surface area is 82.5 Å². The van der Waals surface area contributed by atoms with Gasteiger partial charge in [-0.05, 0) is 38.8 Å². The molecule has 0 rings (SSSR count). The zero-order valence-corrected chi connectivity index (χ0v) is 8.24. The van der Waals surface area contributed by atoms with Crippen LogP contribution < -0.4 is 5.32 Å². The molecule has 2 nitrogen and oxygen atoms in total. The van der Waals surface area contributed by atoms with E-state index < -0.39 is 12.6 Å². The lowest BCUT2D eigenvalue weighted by molar-refractivity contribution is -0.135. The third kappa shape index (κ3) is 11.7. The summed E-state index contributed by atoms with van der Waals surface area (Å²) in [6.45, 7) is 1.57. The van der Waals surface area contributed by atoms with Crippen LogP contribution in [0, 0.1) is 0 Å². The molecular formula is C9H18F3NO. The third-order valence-electron chi connectivity index (χ3n) is 1.83. The molecule has 0 aromatic rings. The van der Waals surface area contributed by atoms with Gasteiger partial charge in [-0.1, -0.05) is 0 Å². The zero-order valence-electron chi connectivity index (χ0n) is 8.24. The minimum absolute atomic E-state index is 0.176. The Hall–Kier alpha value is -0.290. The van der Waals surface area contributed by atoms with E-state index in [0.717, 1.165) is 19.4 Å². The second kappa shape index (κ2) is 8.05. The molecule has 0 unspecified atom stereocenters. The van der Waals surface area contributed by atoms with Crippen LogP contribution in [0.4, 0.5) is 13.2 Å². The van der Waals surface area contributed by atoms with Gasteiger partial charge in [-0.3, -0.25) is 0 Å². The van der Waals surface area contributed by atoms with Crippen molar-refractivity contribution in [3.8, 4) is 0 Å². The van der Waals surface area contributed by atoms with E-state index in [4.69, 9.17) is 5.11 Å². The van der Waals surface area contributed by atoms with Crippen molar-refractivity contribution in [1.29, 1.82) is 0 Å². The lowest BCUT2D eigenvalue weighted by atomic mass is 10.2. The highest BCUT2D eigenvalue weighted by Gasteiger charge is 2.25. The summed E-state index contributed by atoms with van der Waals surface area (Å²) in [5.74, 6) is 0. The first-order valence-electron chi connectivity index (χ1n) is 4.94. The molecule has 0 aliphatic carbocycles. The molecule has 5 heteroatoms. The van der Waals surface area contributed by atoms with E-state index in [-0.39, 0.29) is 13.0 Å². The molecule has 0 saturated carbocycles. The summed E-state index contributed by atoms with van der Waals surface area (Å²) in [5, 5.41) is 11.5. The Balaban J connectivity index is 2.99. The number of aliphatic hydroxyl groups is 1. The molecule has 2 N–H and O–H groups in total. The van der Waals surface area contributed by atoms with E-state index in [1.807, 2.05) is 0 Å². The fraction of sp³-hybridized carbons (Fsp3) is 1.00. The highest BCUT2D eigenvalue weighted by Crippen LogP contribution is 2.21. The summed E-state index contributed by atoms with van der Waals surface area (Å²) in [7, 11) is 0. The molecule has 14 heavy (non-hydrogen) atoms. The average Bonchev–Trinajstić information content (AvgIpc) is 2.08. The zero-order chi connectivity index (χ0) is 10.9. The van der Waals surface area contributed by atoms with Gasteiger partial charge >= 0.3 is 6.18 Å². The van der Waals surface area contributed by atoms with E-state index in [9.17, 15) is 13.2 Å². The Morgan fingerprint density at radius 3 is 2.00 bits per heavy atom. The molecule has 0 radical (unpaired) electrons. The van der Waals surface area contributed by atoms with Crippen molar-refractivity contribution in [3.63, 3.8) is 0 Å². The van der Waals surface area contributed by atoms with Gasteiger partial charge in [-0.2, -0.15) is 13.2 Å². The quantitative estimate of drug-likeness (QED) is 0.605. The molecule has 0 fully saturated rings. The molecule has 0 spiro atoms. The van der Waals surface area contributed by atoms with Crippen molar-refractivity contribution in [2.24, 2.45) is 0 Å². The van der Waals surface area contributed by atoms with Gasteiger partial charge < -0.3 is 10.4 Å². The van der Waals surface area contributed by atoms with Crippen molar-refractivity contribution in [2.75, 3.05) is 19.7 Å². The van der Waals surface area contributed by atoms with E-state index in [2.05, 4.69) is 5.32 Å². The Morgan fingerprint density at radius 1 is 0.929 bits per heavy atom. The largest absolute Gasteiger partial charge is 0.396 e. The number of nitrogens with one attached hydrogen (secondary N) is 1. The number of rotatable bonds is 8. The van der Waals surface area contributed by atoms with Gasteiger partial charge in [0.15, 0.2) is 0 Å². The molecule has 0 bridgehead atoms. The lowest BCUT2D eigenvalue weighted by Gasteiger charge is -2.06. The predicted octanol–water partition coefficient (Wildman–Crippen LogP) is 2.08. The van der Waals surface area contributed by atoms with Gasteiger partial charge in [-0.15, -0.1) is 0 Å². The van der Waals surface area contributed by atoms with E-state index in [1.54, 1.807) is 0 Å². The standard InChI is InChI=1S/C9H18F3NO/c10-9(11,12)5-1-2-6-13-7-3-4-8-14/h13-14H,1-8H2. The van der Waals surface area contributed by atoms with Crippen LogP contribution in [0.1, 0.15) is 32.1 Å². The fourth-order valence-corrected chi connectivity index (χ4v) is 1.06. The monoisotopic (exact) mass is 213 g/mol. The van der Waals surface area contributed by atoms with Crippen molar-refractivity contribution >= 4 is 0 Å². The van der Waals surface area contributed by atoms with Gasteiger partial charge in [-0.25, -0.2) is 0 Å². The summed E-state index contributed by atoms with van der Waals surface area (Å²) in [4.78, 5) is 0.